The minimum absolute atomic E-state index is 0.183. The van der Waals surface area contributed by atoms with Crippen molar-refractivity contribution in [2.24, 2.45) is 7.05 Å². The second-order valence-corrected chi connectivity index (χ2v) is 4.57. The van der Waals surface area contributed by atoms with Crippen molar-refractivity contribution in [1.82, 2.24) is 9.78 Å². The van der Waals surface area contributed by atoms with E-state index < -0.39 is 0 Å². The van der Waals surface area contributed by atoms with Gasteiger partial charge in [-0.2, -0.15) is 5.10 Å². The summed E-state index contributed by atoms with van der Waals surface area (Å²) in [5.74, 6) is 0.183. The molecule has 0 radical (unpaired) electrons. The molecule has 1 aliphatic carbocycles. The molecular formula is C12H15ClN2O. The van der Waals surface area contributed by atoms with Crippen molar-refractivity contribution in [3.05, 3.63) is 28.1 Å². The highest BCUT2D eigenvalue weighted by Gasteiger charge is 2.18. The smallest absolute Gasteiger partial charge is 0.164 e. The van der Waals surface area contributed by atoms with Gasteiger partial charge < -0.3 is 0 Å². The number of carbonyl (C=O) groups excluding carboxylic acids is 1. The Morgan fingerprint density at radius 2 is 2.38 bits per heavy atom. The molecule has 0 spiro atoms. The quantitative estimate of drug-likeness (QED) is 0.811. The number of aryl methyl sites for hydroxylation is 2. The van der Waals surface area contributed by atoms with E-state index in [4.69, 9.17) is 11.6 Å². The number of rotatable bonds is 3. The first-order chi connectivity index (χ1) is 7.59. The fraction of sp³-hybridized carbons (Fsp3) is 0.500. The Bertz CT molecular complexity index is 460. The second-order valence-electron chi connectivity index (χ2n) is 4.19. The van der Waals surface area contributed by atoms with E-state index in [-0.39, 0.29) is 5.78 Å². The van der Waals surface area contributed by atoms with Crippen LogP contribution in [-0.4, -0.2) is 15.6 Å². The third-order valence-corrected chi connectivity index (χ3v) is 3.48. The van der Waals surface area contributed by atoms with E-state index in [0.29, 0.717) is 11.4 Å². The molecule has 0 aliphatic heterocycles. The average molecular weight is 239 g/mol. The van der Waals surface area contributed by atoms with Crippen LogP contribution in [0.3, 0.4) is 0 Å². The highest BCUT2D eigenvalue weighted by molar-refractivity contribution is 6.32. The van der Waals surface area contributed by atoms with Crippen molar-refractivity contribution in [2.75, 3.05) is 0 Å². The predicted molar refractivity (Wildman–Crippen MR) is 63.6 cm³/mol. The molecule has 0 saturated heterocycles. The van der Waals surface area contributed by atoms with Crippen molar-refractivity contribution < 1.29 is 4.79 Å². The van der Waals surface area contributed by atoms with E-state index >= 15 is 0 Å². The van der Waals surface area contributed by atoms with Gasteiger partial charge in [0.15, 0.2) is 5.78 Å². The van der Waals surface area contributed by atoms with E-state index in [9.17, 15) is 4.79 Å². The first-order valence-corrected chi connectivity index (χ1v) is 5.87. The summed E-state index contributed by atoms with van der Waals surface area (Å²) < 4.78 is 1.70. The van der Waals surface area contributed by atoms with Gasteiger partial charge in [-0.15, -0.1) is 0 Å². The SMILES string of the molecule is Cc1nn(C)c(CC(=O)C2=CCCC2)c1Cl. The topological polar surface area (TPSA) is 34.9 Å². The molecule has 4 heteroatoms. The molecule has 1 aliphatic rings. The highest BCUT2D eigenvalue weighted by Crippen LogP contribution is 2.24. The average Bonchev–Trinajstić information content (AvgIpc) is 2.83. The van der Waals surface area contributed by atoms with Gasteiger partial charge >= 0.3 is 0 Å². The molecule has 0 fully saturated rings. The summed E-state index contributed by atoms with van der Waals surface area (Å²) in [5, 5.41) is 4.82. The Morgan fingerprint density at radius 3 is 2.88 bits per heavy atom. The van der Waals surface area contributed by atoms with Crippen LogP contribution < -0.4 is 0 Å². The molecule has 0 N–H and O–H groups in total. The molecule has 2 rings (SSSR count). The molecule has 1 aromatic rings. The first-order valence-electron chi connectivity index (χ1n) is 5.50. The number of allylic oxidation sites excluding steroid dienone is 2. The maximum absolute atomic E-state index is 12.0. The lowest BCUT2D eigenvalue weighted by Crippen LogP contribution is -2.09. The minimum Gasteiger partial charge on any atom is -0.294 e. The van der Waals surface area contributed by atoms with Crippen molar-refractivity contribution in [3.63, 3.8) is 0 Å². The number of hydrogen-bond donors (Lipinski definition) is 0. The largest absolute Gasteiger partial charge is 0.294 e. The van der Waals surface area contributed by atoms with Gasteiger partial charge in [-0.3, -0.25) is 9.48 Å². The Morgan fingerprint density at radius 1 is 1.62 bits per heavy atom. The molecule has 0 atom stereocenters. The molecule has 86 valence electrons. The molecule has 16 heavy (non-hydrogen) atoms. The fourth-order valence-electron chi connectivity index (χ4n) is 2.06. The van der Waals surface area contributed by atoms with Crippen LogP contribution in [0.2, 0.25) is 5.02 Å². The van der Waals surface area contributed by atoms with Crippen LogP contribution in [-0.2, 0) is 18.3 Å². The normalized spacial score (nSPS) is 15.3. The van der Waals surface area contributed by atoms with Crippen molar-refractivity contribution in [1.29, 1.82) is 0 Å². The van der Waals surface area contributed by atoms with Gasteiger partial charge in [0.25, 0.3) is 0 Å². The summed E-state index contributed by atoms with van der Waals surface area (Å²) in [7, 11) is 1.82. The maximum Gasteiger partial charge on any atom is 0.164 e. The van der Waals surface area contributed by atoms with Crippen molar-refractivity contribution in [3.8, 4) is 0 Å². The molecule has 0 saturated carbocycles. The third-order valence-electron chi connectivity index (χ3n) is 2.99. The number of halogens is 1. The second kappa shape index (κ2) is 4.42. The molecule has 0 bridgehead atoms. The van der Waals surface area contributed by atoms with E-state index in [1.54, 1.807) is 4.68 Å². The number of aromatic nitrogens is 2. The van der Waals surface area contributed by atoms with Crippen molar-refractivity contribution in [2.45, 2.75) is 32.6 Å². The molecule has 1 heterocycles. The molecule has 0 unspecified atom stereocenters. The summed E-state index contributed by atoms with van der Waals surface area (Å²) in [5.41, 5.74) is 2.55. The Hall–Kier alpha value is -1.09. The summed E-state index contributed by atoms with van der Waals surface area (Å²) >= 11 is 6.11. The Kier molecular flexibility index (Phi) is 3.15. The van der Waals surface area contributed by atoms with Gasteiger partial charge in [0.1, 0.15) is 0 Å². The third kappa shape index (κ3) is 2.05. The number of nitrogens with zero attached hydrogens (tertiary/aromatic N) is 2. The van der Waals surface area contributed by atoms with Crippen LogP contribution in [0.4, 0.5) is 0 Å². The van der Waals surface area contributed by atoms with Crippen molar-refractivity contribution >= 4 is 17.4 Å². The van der Waals surface area contributed by atoms with Gasteiger partial charge in [0.05, 0.1) is 22.8 Å². The Balaban J connectivity index is 2.17. The first kappa shape index (κ1) is 11.4. The maximum atomic E-state index is 12.0. The van der Waals surface area contributed by atoms with Crippen LogP contribution in [0.1, 0.15) is 30.7 Å². The molecule has 0 aromatic carbocycles. The zero-order valence-corrected chi connectivity index (χ0v) is 10.3. The monoisotopic (exact) mass is 238 g/mol. The highest BCUT2D eigenvalue weighted by atomic mass is 35.5. The molecule has 0 amide bonds. The zero-order chi connectivity index (χ0) is 11.7. The molecule has 3 nitrogen and oxygen atoms in total. The van der Waals surface area contributed by atoms with E-state index in [2.05, 4.69) is 5.10 Å². The van der Waals surface area contributed by atoms with E-state index in [0.717, 1.165) is 36.2 Å². The Labute approximate surface area is 100 Å². The van der Waals surface area contributed by atoms with Crippen LogP contribution in [0.15, 0.2) is 11.6 Å². The lowest BCUT2D eigenvalue weighted by Gasteiger charge is -2.03. The molecular weight excluding hydrogens is 224 g/mol. The van der Waals surface area contributed by atoms with Gasteiger partial charge in [-0.25, -0.2) is 0 Å². The van der Waals surface area contributed by atoms with Gasteiger partial charge in [-0.1, -0.05) is 17.7 Å². The predicted octanol–water partition coefficient (Wildman–Crippen LogP) is 2.60. The number of ketones is 1. The van der Waals surface area contributed by atoms with E-state index in [1.807, 2.05) is 20.0 Å². The lowest BCUT2D eigenvalue weighted by atomic mass is 10.1. The summed E-state index contributed by atoms with van der Waals surface area (Å²) in [6.45, 7) is 1.85. The van der Waals surface area contributed by atoms with Crippen LogP contribution >= 0.6 is 11.6 Å². The summed E-state index contributed by atoms with van der Waals surface area (Å²) in [6, 6.07) is 0. The fourth-order valence-corrected chi connectivity index (χ4v) is 2.29. The van der Waals surface area contributed by atoms with Crippen LogP contribution in [0.25, 0.3) is 0 Å². The van der Waals surface area contributed by atoms with Gasteiger partial charge in [0, 0.05) is 7.05 Å². The van der Waals surface area contributed by atoms with Crippen LogP contribution in [0.5, 0.6) is 0 Å². The summed E-state index contributed by atoms with van der Waals surface area (Å²) in [4.78, 5) is 12.0. The number of Topliss-reactive ketones (excluding diaryl/α,β-unsaturated/α-hetero) is 1. The molecule has 1 aromatic heterocycles. The minimum atomic E-state index is 0.183. The standard InChI is InChI=1S/C12H15ClN2O/c1-8-12(13)10(15(2)14-8)7-11(16)9-5-3-4-6-9/h5H,3-4,6-7H2,1-2H3. The van der Waals surface area contributed by atoms with Crippen LogP contribution in [0, 0.1) is 6.92 Å². The summed E-state index contributed by atoms with van der Waals surface area (Å²) in [6.07, 6.45) is 5.44. The number of carbonyl (C=O) groups is 1. The number of hydrogen-bond acceptors (Lipinski definition) is 2. The lowest BCUT2D eigenvalue weighted by molar-refractivity contribution is -0.115. The zero-order valence-electron chi connectivity index (χ0n) is 9.59. The van der Waals surface area contributed by atoms with Gasteiger partial charge in [0.2, 0.25) is 0 Å². The van der Waals surface area contributed by atoms with Gasteiger partial charge in [-0.05, 0) is 31.8 Å². The van der Waals surface area contributed by atoms with E-state index in [1.165, 1.54) is 0 Å².